The summed E-state index contributed by atoms with van der Waals surface area (Å²) in [5.41, 5.74) is 4.47. The van der Waals surface area contributed by atoms with Gasteiger partial charge in [-0.1, -0.05) is 48.0 Å². The molecule has 2 atom stereocenters. The van der Waals surface area contributed by atoms with Gasteiger partial charge in [0, 0.05) is 41.4 Å². The van der Waals surface area contributed by atoms with Crippen LogP contribution in [0.5, 0.6) is 0 Å². The van der Waals surface area contributed by atoms with Gasteiger partial charge in [0.25, 0.3) is 0 Å². The van der Waals surface area contributed by atoms with Crippen molar-refractivity contribution < 1.29 is 23.9 Å². The Morgan fingerprint density at radius 2 is 2.00 bits per heavy atom. The summed E-state index contributed by atoms with van der Waals surface area (Å²) in [6.07, 6.45) is 0.355. The maximum Gasteiger partial charge on any atom is 0.412 e. The van der Waals surface area contributed by atoms with Crippen molar-refractivity contribution >= 4 is 52.5 Å². The van der Waals surface area contributed by atoms with Crippen LogP contribution in [0, 0.1) is 5.92 Å². The number of nitrogens with zero attached hydrogens (tertiary/aromatic N) is 2. The number of anilines is 2. The molecule has 3 aliphatic heterocycles. The minimum Gasteiger partial charge on any atom is -0.453 e. The molecule has 6 rings (SSSR count). The van der Waals surface area contributed by atoms with Gasteiger partial charge >= 0.3 is 12.2 Å². The number of methoxy groups -OCH3 is 1. The number of rotatable bonds is 5. The largest absolute Gasteiger partial charge is 0.453 e. The quantitative estimate of drug-likeness (QED) is 0.418. The van der Waals surface area contributed by atoms with E-state index >= 15 is 0 Å². The van der Waals surface area contributed by atoms with E-state index in [1.165, 1.54) is 7.11 Å². The van der Waals surface area contributed by atoms with E-state index in [-0.39, 0.29) is 12.5 Å². The Balaban J connectivity index is 1.30. The van der Waals surface area contributed by atoms with Crippen molar-refractivity contribution in [2.75, 3.05) is 30.8 Å². The van der Waals surface area contributed by atoms with Crippen LogP contribution in [0.25, 0.3) is 0 Å². The summed E-state index contributed by atoms with van der Waals surface area (Å²) in [6.45, 7) is 0.655. The lowest BCUT2D eigenvalue weighted by molar-refractivity contribution is -0.133. The first kappa shape index (κ1) is 25.9. The second kappa shape index (κ2) is 10.3. The van der Waals surface area contributed by atoms with E-state index < -0.39 is 23.7 Å². The van der Waals surface area contributed by atoms with Crippen molar-refractivity contribution in [1.82, 2.24) is 4.90 Å². The fourth-order valence-corrected chi connectivity index (χ4v) is 5.89. The predicted molar refractivity (Wildman–Crippen MR) is 151 cm³/mol. The number of amides is 3. The monoisotopic (exact) mass is 558 g/mol. The number of likely N-dealkylation sites (tertiary alicyclic amines) is 1. The highest BCUT2D eigenvalue weighted by molar-refractivity contribution is 6.30. The summed E-state index contributed by atoms with van der Waals surface area (Å²) < 4.78 is 10.5. The Kier molecular flexibility index (Phi) is 6.67. The topological polar surface area (TPSA) is 109 Å². The first-order valence-corrected chi connectivity index (χ1v) is 13.4. The number of halogens is 1. The number of hydrogen-bond donors (Lipinski definition) is 2. The molecule has 0 aliphatic carbocycles. The van der Waals surface area contributed by atoms with Crippen LogP contribution < -0.4 is 10.6 Å². The average Bonchev–Trinajstić information content (AvgIpc) is 3.57. The fourth-order valence-electron chi connectivity index (χ4n) is 5.72. The Hall–Kier alpha value is -4.37. The fraction of sp³-hybridized carbons (Fsp3) is 0.267. The Bertz CT molecular complexity index is 1540. The molecule has 3 aromatic rings. The molecule has 9 nitrogen and oxygen atoms in total. The smallest absolute Gasteiger partial charge is 0.412 e. The molecule has 2 N–H and O–H groups in total. The molecule has 3 amide bonds. The molecule has 0 saturated carbocycles. The van der Waals surface area contributed by atoms with Gasteiger partial charge in [0.1, 0.15) is 0 Å². The van der Waals surface area contributed by atoms with Crippen LogP contribution in [0.4, 0.5) is 26.7 Å². The van der Waals surface area contributed by atoms with Crippen LogP contribution in [-0.4, -0.2) is 48.9 Å². The molecule has 10 heteroatoms. The zero-order valence-electron chi connectivity index (χ0n) is 21.8. The average molecular weight is 559 g/mol. The second-order valence-corrected chi connectivity index (χ2v) is 10.6. The highest BCUT2D eigenvalue weighted by atomic mass is 35.5. The van der Waals surface area contributed by atoms with Gasteiger partial charge in [-0.15, -0.1) is 0 Å². The molecule has 204 valence electrons. The molecule has 1 saturated heterocycles. The van der Waals surface area contributed by atoms with E-state index in [9.17, 15) is 14.4 Å². The molecule has 3 aliphatic rings. The SMILES string of the molecule is COC(=O)Nc1ccc2c(c1)N=C(C(Cc1ccccc1)C(=O)N1CCC3(C1)OC(=O)Nc1ccc(Cl)cc13)C2. The van der Waals surface area contributed by atoms with E-state index in [2.05, 4.69) is 10.6 Å². The van der Waals surface area contributed by atoms with Crippen LogP contribution in [0.2, 0.25) is 5.02 Å². The van der Waals surface area contributed by atoms with Crippen molar-refractivity contribution in [3.05, 3.63) is 88.4 Å². The summed E-state index contributed by atoms with van der Waals surface area (Å²) in [4.78, 5) is 45.0. The standard InChI is InChI=1S/C30H27ClN4O5/c1-39-28(37)32-21-9-7-19-14-26(33-25(19)16-21)22(13-18-5-3-2-4-6-18)27(36)35-12-11-30(17-35)23-15-20(31)8-10-24(23)34-29(38)40-30/h2-10,15-16,22H,11-14,17H2,1H3,(H,32,37)(H,34,38). The van der Waals surface area contributed by atoms with Gasteiger partial charge in [0.15, 0.2) is 5.60 Å². The molecule has 1 spiro atoms. The Morgan fingerprint density at radius 1 is 1.18 bits per heavy atom. The first-order valence-electron chi connectivity index (χ1n) is 13.0. The molecule has 0 aromatic heterocycles. The number of carbonyl (C=O) groups is 3. The van der Waals surface area contributed by atoms with E-state index in [0.717, 1.165) is 22.4 Å². The number of carbonyl (C=O) groups excluding carboxylic acids is 3. The third-order valence-corrected chi connectivity index (χ3v) is 7.91. The van der Waals surface area contributed by atoms with Gasteiger partial charge in [-0.05, 0) is 47.9 Å². The molecule has 3 aromatic carbocycles. The number of hydrogen-bond acceptors (Lipinski definition) is 6. The molecular weight excluding hydrogens is 532 g/mol. The van der Waals surface area contributed by atoms with E-state index in [1.54, 1.807) is 35.2 Å². The molecular formula is C30H27ClN4O5. The van der Waals surface area contributed by atoms with E-state index in [0.29, 0.717) is 47.9 Å². The van der Waals surface area contributed by atoms with Crippen LogP contribution in [0.3, 0.4) is 0 Å². The summed E-state index contributed by atoms with van der Waals surface area (Å²) in [5.74, 6) is -0.587. The lowest BCUT2D eigenvalue weighted by atomic mass is 9.89. The van der Waals surface area contributed by atoms with Crippen molar-refractivity contribution in [3.8, 4) is 0 Å². The Morgan fingerprint density at radius 3 is 2.80 bits per heavy atom. The van der Waals surface area contributed by atoms with E-state index in [4.69, 9.17) is 26.1 Å². The maximum absolute atomic E-state index is 14.2. The minimum atomic E-state index is -0.968. The molecule has 3 heterocycles. The minimum absolute atomic E-state index is 0.0710. The molecule has 0 bridgehead atoms. The first-order chi connectivity index (χ1) is 19.3. The highest BCUT2D eigenvalue weighted by Crippen LogP contribution is 2.44. The number of nitrogens with one attached hydrogen (secondary N) is 2. The van der Waals surface area contributed by atoms with Gasteiger partial charge in [-0.3, -0.25) is 20.4 Å². The maximum atomic E-state index is 14.2. The number of fused-ring (bicyclic) bond motifs is 3. The van der Waals surface area contributed by atoms with Gasteiger partial charge in [-0.2, -0.15) is 0 Å². The lowest BCUT2D eigenvalue weighted by Crippen LogP contribution is -2.45. The molecule has 40 heavy (non-hydrogen) atoms. The van der Waals surface area contributed by atoms with Crippen LogP contribution in [0.15, 0.2) is 71.7 Å². The lowest BCUT2D eigenvalue weighted by Gasteiger charge is -2.35. The third-order valence-electron chi connectivity index (χ3n) is 7.68. The third kappa shape index (κ3) is 4.88. The zero-order chi connectivity index (χ0) is 27.9. The van der Waals surface area contributed by atoms with Gasteiger partial charge in [0.2, 0.25) is 5.91 Å². The van der Waals surface area contributed by atoms with Crippen LogP contribution in [-0.2, 0) is 32.7 Å². The normalized spacial score (nSPS) is 19.7. The van der Waals surface area contributed by atoms with Gasteiger partial charge < -0.3 is 14.4 Å². The van der Waals surface area contributed by atoms with E-state index in [1.807, 2.05) is 36.4 Å². The summed E-state index contributed by atoms with van der Waals surface area (Å²) in [5, 5.41) is 5.93. The number of ether oxygens (including phenoxy) is 2. The summed E-state index contributed by atoms with van der Waals surface area (Å²) >= 11 is 6.30. The highest BCUT2D eigenvalue weighted by Gasteiger charge is 2.49. The van der Waals surface area contributed by atoms with Crippen LogP contribution >= 0.6 is 11.6 Å². The number of aliphatic imine (C=N–C) groups is 1. The molecule has 2 unspecified atom stereocenters. The number of benzene rings is 3. The Labute approximate surface area is 236 Å². The molecule has 0 radical (unpaired) electrons. The van der Waals surface area contributed by atoms with Crippen molar-refractivity contribution in [2.45, 2.75) is 24.9 Å². The van der Waals surface area contributed by atoms with Gasteiger partial charge in [0.05, 0.1) is 30.9 Å². The van der Waals surface area contributed by atoms with Crippen molar-refractivity contribution in [2.24, 2.45) is 10.9 Å². The second-order valence-electron chi connectivity index (χ2n) is 10.2. The summed E-state index contributed by atoms with van der Waals surface area (Å²) in [7, 11) is 1.30. The summed E-state index contributed by atoms with van der Waals surface area (Å²) in [6, 6.07) is 20.6. The van der Waals surface area contributed by atoms with Crippen molar-refractivity contribution in [3.63, 3.8) is 0 Å². The molecule has 1 fully saturated rings. The predicted octanol–water partition coefficient (Wildman–Crippen LogP) is 5.70. The zero-order valence-corrected chi connectivity index (χ0v) is 22.5. The van der Waals surface area contributed by atoms with Gasteiger partial charge in [-0.25, -0.2) is 9.59 Å². The van der Waals surface area contributed by atoms with Crippen LogP contribution in [0.1, 0.15) is 23.1 Å². The van der Waals surface area contributed by atoms with Crippen molar-refractivity contribution in [1.29, 1.82) is 0 Å².